The summed E-state index contributed by atoms with van der Waals surface area (Å²) in [5, 5.41) is 0.709. The van der Waals surface area contributed by atoms with E-state index in [9.17, 15) is 9.59 Å². The van der Waals surface area contributed by atoms with Crippen LogP contribution in [0.1, 0.15) is 55.5 Å². The third kappa shape index (κ3) is 4.20. The number of carbonyl (C=O) groups is 2. The van der Waals surface area contributed by atoms with Gasteiger partial charge in [-0.2, -0.15) is 0 Å². The molecule has 35 heavy (non-hydrogen) atoms. The fourth-order valence-corrected chi connectivity index (χ4v) is 7.22. The fourth-order valence-electron chi connectivity index (χ4n) is 5.82. The molecule has 7 heteroatoms. The Morgan fingerprint density at radius 3 is 2.69 bits per heavy atom. The van der Waals surface area contributed by atoms with Gasteiger partial charge in [-0.25, -0.2) is 0 Å². The van der Waals surface area contributed by atoms with Gasteiger partial charge in [-0.15, -0.1) is 11.3 Å². The van der Waals surface area contributed by atoms with Crippen LogP contribution in [0.4, 0.5) is 0 Å². The van der Waals surface area contributed by atoms with Crippen molar-refractivity contribution in [1.82, 2.24) is 9.88 Å². The monoisotopic (exact) mass is 508 g/mol. The summed E-state index contributed by atoms with van der Waals surface area (Å²) in [5.74, 6) is -0.188. The summed E-state index contributed by atoms with van der Waals surface area (Å²) in [5.41, 5.74) is 5.39. The van der Waals surface area contributed by atoms with Gasteiger partial charge in [0.1, 0.15) is 0 Å². The van der Waals surface area contributed by atoms with Gasteiger partial charge in [0.2, 0.25) is 11.8 Å². The van der Waals surface area contributed by atoms with Crippen molar-refractivity contribution in [2.75, 3.05) is 0 Å². The van der Waals surface area contributed by atoms with E-state index < -0.39 is 0 Å². The highest BCUT2D eigenvalue weighted by Gasteiger charge is 2.58. The van der Waals surface area contributed by atoms with Gasteiger partial charge < -0.3 is 4.74 Å². The van der Waals surface area contributed by atoms with Crippen molar-refractivity contribution >= 4 is 45.0 Å². The van der Waals surface area contributed by atoms with Gasteiger partial charge in [-0.05, 0) is 93.8 Å². The Balaban J connectivity index is 1.37. The first-order valence-corrected chi connectivity index (χ1v) is 13.6. The van der Waals surface area contributed by atoms with Crippen LogP contribution in [0, 0.1) is 18.8 Å². The molecule has 2 saturated heterocycles. The number of hydrogen-bond donors (Lipinski definition) is 0. The van der Waals surface area contributed by atoms with Crippen LogP contribution in [0.2, 0.25) is 5.02 Å². The van der Waals surface area contributed by atoms with Gasteiger partial charge in [0, 0.05) is 21.7 Å². The van der Waals surface area contributed by atoms with Crippen LogP contribution in [0.5, 0.6) is 0 Å². The molecule has 0 radical (unpaired) electrons. The molecule has 2 amide bonds. The SMILES string of the molecule is Cc1cc(Cl)cc(-c2ccnc3cc(CN4C(=O)C5CC5C4=O)sc23)c1C[C@@H]1CCCC(C)(C)O1. The van der Waals surface area contributed by atoms with Crippen molar-refractivity contribution in [3.63, 3.8) is 0 Å². The summed E-state index contributed by atoms with van der Waals surface area (Å²) in [7, 11) is 0. The van der Waals surface area contributed by atoms with Crippen LogP contribution in [-0.2, 0) is 27.3 Å². The zero-order chi connectivity index (χ0) is 24.5. The minimum atomic E-state index is -0.0962. The minimum absolute atomic E-state index is 0.0196. The average Bonchev–Trinajstić information content (AvgIpc) is 3.43. The van der Waals surface area contributed by atoms with E-state index in [2.05, 4.69) is 25.8 Å². The van der Waals surface area contributed by atoms with Crippen molar-refractivity contribution in [2.45, 2.75) is 71.1 Å². The minimum Gasteiger partial charge on any atom is -0.372 e. The summed E-state index contributed by atoms with van der Waals surface area (Å²) in [6.45, 7) is 6.80. The number of nitrogens with zero attached hydrogens (tertiary/aromatic N) is 2. The zero-order valence-corrected chi connectivity index (χ0v) is 21.8. The largest absolute Gasteiger partial charge is 0.372 e. The molecule has 2 aliphatic heterocycles. The standard InChI is InChI=1S/C28H29ClN2O3S/c1-15-9-16(29)10-21(20(15)11-17-5-4-7-28(2,3)34-17)19-6-8-30-24-12-18(35-25(19)24)14-31-26(32)22-13-23(22)27(31)33/h6,8-10,12,17,22-23H,4-5,7,11,13-14H2,1-3H3/t17-,22?,23?/m0/s1. The second-order valence-corrected chi connectivity index (χ2v) is 12.4. The molecule has 1 aliphatic carbocycles. The molecule has 3 fully saturated rings. The number of halogens is 1. The molecule has 4 heterocycles. The molecular formula is C28H29ClN2O3S. The highest BCUT2D eigenvalue weighted by atomic mass is 35.5. The van der Waals surface area contributed by atoms with Gasteiger partial charge in [-0.1, -0.05) is 11.6 Å². The summed E-state index contributed by atoms with van der Waals surface area (Å²) >= 11 is 8.16. The number of aryl methyl sites for hydroxylation is 1. The summed E-state index contributed by atoms with van der Waals surface area (Å²) < 4.78 is 7.50. The topological polar surface area (TPSA) is 59.5 Å². The maximum absolute atomic E-state index is 12.5. The van der Waals surface area contributed by atoms with Crippen molar-refractivity contribution in [2.24, 2.45) is 11.8 Å². The third-order valence-corrected chi connectivity index (χ3v) is 9.04. The number of ether oxygens (including phenoxy) is 1. The second kappa shape index (κ2) is 8.39. The van der Waals surface area contributed by atoms with E-state index in [1.165, 1.54) is 16.9 Å². The van der Waals surface area contributed by atoms with Gasteiger partial charge in [0.25, 0.3) is 0 Å². The number of imide groups is 1. The van der Waals surface area contributed by atoms with E-state index in [0.29, 0.717) is 11.6 Å². The van der Waals surface area contributed by atoms with Crippen LogP contribution in [0.3, 0.4) is 0 Å². The fraction of sp³-hybridized carbons (Fsp3) is 0.464. The number of amides is 2. The highest BCUT2D eigenvalue weighted by molar-refractivity contribution is 7.19. The van der Waals surface area contributed by atoms with Gasteiger partial charge in [0.15, 0.2) is 0 Å². The molecule has 1 aromatic carbocycles. The molecule has 0 N–H and O–H groups in total. The van der Waals surface area contributed by atoms with E-state index in [4.69, 9.17) is 16.3 Å². The molecule has 0 spiro atoms. The Morgan fingerprint density at radius 2 is 1.94 bits per heavy atom. The van der Waals surface area contributed by atoms with Crippen molar-refractivity contribution < 1.29 is 14.3 Å². The van der Waals surface area contributed by atoms with Crippen molar-refractivity contribution in [3.8, 4) is 11.1 Å². The molecule has 182 valence electrons. The molecule has 3 atom stereocenters. The van der Waals surface area contributed by atoms with E-state index in [-0.39, 0.29) is 35.4 Å². The number of piperidine rings is 1. The number of hydrogen-bond acceptors (Lipinski definition) is 5. The summed E-state index contributed by atoms with van der Waals surface area (Å²) in [6.07, 6.45) is 6.88. The first-order valence-electron chi connectivity index (χ1n) is 12.4. The number of likely N-dealkylation sites (tertiary alicyclic amines) is 1. The predicted molar refractivity (Wildman–Crippen MR) is 138 cm³/mol. The van der Waals surface area contributed by atoms with E-state index in [0.717, 1.165) is 57.5 Å². The van der Waals surface area contributed by atoms with Crippen LogP contribution >= 0.6 is 22.9 Å². The molecular weight excluding hydrogens is 480 g/mol. The Kier molecular flexibility index (Phi) is 5.55. The molecule has 0 bridgehead atoms. The first kappa shape index (κ1) is 23.1. The van der Waals surface area contributed by atoms with Gasteiger partial charge in [-0.3, -0.25) is 19.5 Å². The van der Waals surface area contributed by atoms with Crippen LogP contribution < -0.4 is 0 Å². The first-order chi connectivity index (χ1) is 16.7. The van der Waals surface area contributed by atoms with E-state index in [1.807, 2.05) is 30.5 Å². The zero-order valence-electron chi connectivity index (χ0n) is 20.3. The Hall–Kier alpha value is -2.28. The smallest absolute Gasteiger partial charge is 0.233 e. The van der Waals surface area contributed by atoms with Crippen molar-refractivity contribution in [3.05, 3.63) is 51.5 Å². The lowest BCUT2D eigenvalue weighted by molar-refractivity contribution is -0.141. The molecule has 5 nitrogen and oxygen atoms in total. The number of fused-ring (bicyclic) bond motifs is 2. The normalized spacial score (nSPS) is 25.4. The number of rotatable bonds is 5. The van der Waals surface area contributed by atoms with Crippen LogP contribution in [-0.4, -0.2) is 33.4 Å². The van der Waals surface area contributed by atoms with Gasteiger partial charge >= 0.3 is 0 Å². The third-order valence-electron chi connectivity index (χ3n) is 7.68. The lowest BCUT2D eigenvalue weighted by Crippen LogP contribution is -2.36. The molecule has 2 unspecified atom stereocenters. The molecule has 3 aromatic rings. The van der Waals surface area contributed by atoms with Crippen LogP contribution in [0.15, 0.2) is 30.5 Å². The summed E-state index contributed by atoms with van der Waals surface area (Å²) in [4.78, 5) is 32.0. The number of thiophene rings is 1. The number of pyridine rings is 1. The maximum Gasteiger partial charge on any atom is 0.233 e. The highest BCUT2D eigenvalue weighted by Crippen LogP contribution is 2.48. The van der Waals surface area contributed by atoms with Gasteiger partial charge in [0.05, 0.1) is 40.3 Å². The molecule has 6 rings (SSSR count). The Bertz CT molecular complexity index is 1340. The van der Waals surface area contributed by atoms with E-state index in [1.54, 1.807) is 11.3 Å². The lowest BCUT2D eigenvalue weighted by Gasteiger charge is -2.36. The molecule has 2 aromatic heterocycles. The lowest BCUT2D eigenvalue weighted by atomic mass is 9.88. The maximum atomic E-state index is 12.5. The molecule has 3 aliphatic rings. The Labute approximate surface area is 214 Å². The van der Waals surface area contributed by atoms with E-state index >= 15 is 0 Å². The predicted octanol–water partition coefficient (Wildman–Crippen LogP) is 6.32. The summed E-state index contributed by atoms with van der Waals surface area (Å²) in [6, 6.07) is 8.14. The van der Waals surface area contributed by atoms with Crippen LogP contribution in [0.25, 0.3) is 21.3 Å². The molecule has 1 saturated carbocycles. The second-order valence-electron chi connectivity index (χ2n) is 10.8. The average molecular weight is 509 g/mol. The number of benzene rings is 1. The Morgan fingerprint density at radius 1 is 1.17 bits per heavy atom. The number of aromatic nitrogens is 1. The number of carbonyl (C=O) groups excluding carboxylic acids is 2. The van der Waals surface area contributed by atoms with Crippen molar-refractivity contribution in [1.29, 1.82) is 0 Å². The quantitative estimate of drug-likeness (QED) is 0.378.